The molecule has 0 aromatic carbocycles. The molecule has 3 N–H and O–H groups in total. The minimum Gasteiger partial charge on any atom is -0.506 e. The van der Waals surface area contributed by atoms with E-state index in [0.29, 0.717) is 18.0 Å². The molecular weight excluding hydrogens is 258 g/mol. The fourth-order valence-corrected chi connectivity index (χ4v) is 2.48. The number of aliphatic hydroxyl groups is 1. The standard InChI is InChI=1S/C14H21N3O3/c18-10-11-2-1-4-17(9-11)5-3-16-14(20)12-6-13(19)8-15-7-12/h6-8,11,18-19H,1-5,9-10H2,(H,16,20)/t11-/m0/s1. The van der Waals surface area contributed by atoms with Crippen LogP contribution in [-0.2, 0) is 0 Å². The highest BCUT2D eigenvalue weighted by Gasteiger charge is 2.18. The van der Waals surface area contributed by atoms with Gasteiger partial charge < -0.3 is 20.4 Å². The molecule has 6 heteroatoms. The van der Waals surface area contributed by atoms with Gasteiger partial charge in [0.2, 0.25) is 0 Å². The molecule has 1 saturated heterocycles. The first-order chi connectivity index (χ1) is 9.69. The van der Waals surface area contributed by atoms with Crippen molar-refractivity contribution in [3.8, 4) is 5.75 Å². The molecule has 0 saturated carbocycles. The first-order valence-corrected chi connectivity index (χ1v) is 6.94. The average molecular weight is 279 g/mol. The summed E-state index contributed by atoms with van der Waals surface area (Å²) in [6.45, 7) is 3.46. The number of amides is 1. The number of carbonyl (C=O) groups excluding carboxylic acids is 1. The molecule has 0 bridgehead atoms. The summed E-state index contributed by atoms with van der Waals surface area (Å²) in [4.78, 5) is 17.9. The summed E-state index contributed by atoms with van der Waals surface area (Å²) in [6, 6.07) is 1.39. The summed E-state index contributed by atoms with van der Waals surface area (Å²) in [6.07, 6.45) is 4.89. The van der Waals surface area contributed by atoms with Gasteiger partial charge in [0.15, 0.2) is 0 Å². The predicted octanol–water partition coefficient (Wildman–Crippen LogP) is 0.221. The van der Waals surface area contributed by atoms with E-state index in [9.17, 15) is 15.0 Å². The Kier molecular flexibility index (Phi) is 5.31. The highest BCUT2D eigenvalue weighted by molar-refractivity contribution is 5.94. The molecule has 6 nitrogen and oxygen atoms in total. The molecule has 2 rings (SSSR count). The molecule has 1 amide bonds. The Morgan fingerprint density at radius 1 is 1.50 bits per heavy atom. The van der Waals surface area contributed by atoms with Crippen molar-refractivity contribution < 1.29 is 15.0 Å². The maximum absolute atomic E-state index is 11.8. The molecule has 1 aromatic rings. The lowest BCUT2D eigenvalue weighted by Gasteiger charge is -2.31. The second kappa shape index (κ2) is 7.21. The third-order valence-electron chi connectivity index (χ3n) is 3.56. The van der Waals surface area contributed by atoms with Crippen LogP contribution in [0.15, 0.2) is 18.5 Å². The maximum atomic E-state index is 11.8. The fraction of sp³-hybridized carbons (Fsp3) is 0.571. The predicted molar refractivity (Wildman–Crippen MR) is 74.5 cm³/mol. The van der Waals surface area contributed by atoms with Crippen LogP contribution >= 0.6 is 0 Å². The van der Waals surface area contributed by atoms with Gasteiger partial charge in [-0.1, -0.05) is 0 Å². The van der Waals surface area contributed by atoms with Crippen LogP contribution in [-0.4, -0.2) is 58.8 Å². The first-order valence-electron chi connectivity index (χ1n) is 6.94. The van der Waals surface area contributed by atoms with Gasteiger partial charge in [-0.05, 0) is 31.4 Å². The number of hydrogen-bond acceptors (Lipinski definition) is 5. The number of rotatable bonds is 5. The lowest BCUT2D eigenvalue weighted by molar-refractivity contribution is 0.0930. The SMILES string of the molecule is O=C(NCCN1CCC[C@H](CO)C1)c1cncc(O)c1. The number of nitrogens with one attached hydrogen (secondary N) is 1. The van der Waals surface area contributed by atoms with E-state index < -0.39 is 0 Å². The third-order valence-corrected chi connectivity index (χ3v) is 3.56. The summed E-state index contributed by atoms with van der Waals surface area (Å²) in [5, 5.41) is 21.3. The van der Waals surface area contributed by atoms with Crippen LogP contribution in [0.5, 0.6) is 5.75 Å². The van der Waals surface area contributed by atoms with E-state index in [1.165, 1.54) is 18.5 Å². The van der Waals surface area contributed by atoms with Crippen LogP contribution in [0.25, 0.3) is 0 Å². The number of aliphatic hydroxyl groups excluding tert-OH is 1. The number of likely N-dealkylation sites (tertiary alicyclic amines) is 1. The van der Waals surface area contributed by atoms with Gasteiger partial charge in [0.1, 0.15) is 5.75 Å². The van der Waals surface area contributed by atoms with E-state index in [-0.39, 0.29) is 18.3 Å². The normalized spacial score (nSPS) is 19.8. The average Bonchev–Trinajstić information content (AvgIpc) is 2.47. The van der Waals surface area contributed by atoms with Crippen molar-refractivity contribution >= 4 is 5.91 Å². The zero-order valence-corrected chi connectivity index (χ0v) is 11.5. The van der Waals surface area contributed by atoms with Gasteiger partial charge in [0, 0.05) is 32.4 Å². The molecule has 0 unspecified atom stereocenters. The van der Waals surface area contributed by atoms with Gasteiger partial charge in [-0.3, -0.25) is 9.78 Å². The van der Waals surface area contributed by atoms with E-state index in [1.807, 2.05) is 0 Å². The van der Waals surface area contributed by atoms with Crippen LogP contribution in [0.1, 0.15) is 23.2 Å². The number of piperidine rings is 1. The monoisotopic (exact) mass is 279 g/mol. The van der Waals surface area contributed by atoms with Gasteiger partial charge in [-0.25, -0.2) is 0 Å². The summed E-state index contributed by atoms with van der Waals surface area (Å²) in [5.41, 5.74) is 0.358. The number of aromatic hydroxyl groups is 1. The summed E-state index contributed by atoms with van der Waals surface area (Å²) in [7, 11) is 0. The van der Waals surface area contributed by atoms with Gasteiger partial charge >= 0.3 is 0 Å². The van der Waals surface area contributed by atoms with E-state index in [2.05, 4.69) is 15.2 Å². The van der Waals surface area contributed by atoms with E-state index in [0.717, 1.165) is 32.5 Å². The minimum absolute atomic E-state index is 0.0144. The zero-order chi connectivity index (χ0) is 14.4. The quantitative estimate of drug-likeness (QED) is 0.718. The smallest absolute Gasteiger partial charge is 0.253 e. The third kappa shape index (κ3) is 4.18. The molecular formula is C14H21N3O3. The van der Waals surface area contributed by atoms with Gasteiger partial charge in [-0.2, -0.15) is 0 Å². The van der Waals surface area contributed by atoms with Gasteiger partial charge in [-0.15, -0.1) is 0 Å². The Morgan fingerprint density at radius 2 is 2.35 bits per heavy atom. The topological polar surface area (TPSA) is 85.7 Å². The summed E-state index contributed by atoms with van der Waals surface area (Å²) >= 11 is 0. The lowest BCUT2D eigenvalue weighted by Crippen LogP contribution is -2.41. The van der Waals surface area contributed by atoms with E-state index >= 15 is 0 Å². The van der Waals surface area contributed by atoms with Gasteiger partial charge in [0.05, 0.1) is 11.8 Å². The van der Waals surface area contributed by atoms with Crippen LogP contribution < -0.4 is 5.32 Å². The number of hydrogen-bond donors (Lipinski definition) is 3. The van der Waals surface area contributed by atoms with Crippen molar-refractivity contribution in [2.75, 3.05) is 32.8 Å². The van der Waals surface area contributed by atoms with Crippen molar-refractivity contribution in [1.82, 2.24) is 15.2 Å². The fourth-order valence-electron chi connectivity index (χ4n) is 2.48. The summed E-state index contributed by atoms with van der Waals surface area (Å²) in [5.74, 6) is 0.110. The Bertz CT molecular complexity index is 453. The van der Waals surface area contributed by atoms with Crippen molar-refractivity contribution in [2.24, 2.45) is 5.92 Å². The minimum atomic E-state index is -0.232. The highest BCUT2D eigenvalue weighted by atomic mass is 16.3. The number of nitrogens with zero attached hydrogens (tertiary/aromatic N) is 2. The second-order valence-electron chi connectivity index (χ2n) is 5.18. The van der Waals surface area contributed by atoms with E-state index in [4.69, 9.17) is 0 Å². The number of carbonyl (C=O) groups is 1. The zero-order valence-electron chi connectivity index (χ0n) is 11.5. The largest absolute Gasteiger partial charge is 0.506 e. The molecule has 1 aliphatic rings. The Balaban J connectivity index is 1.74. The molecule has 0 spiro atoms. The van der Waals surface area contributed by atoms with Gasteiger partial charge in [0.25, 0.3) is 5.91 Å². The molecule has 0 aliphatic carbocycles. The molecule has 1 aliphatic heterocycles. The maximum Gasteiger partial charge on any atom is 0.253 e. The lowest BCUT2D eigenvalue weighted by atomic mass is 9.99. The van der Waals surface area contributed by atoms with Crippen LogP contribution in [0.3, 0.4) is 0 Å². The molecule has 1 fully saturated rings. The highest BCUT2D eigenvalue weighted by Crippen LogP contribution is 2.15. The van der Waals surface area contributed by atoms with Crippen LogP contribution in [0, 0.1) is 5.92 Å². The molecule has 1 atom stereocenters. The van der Waals surface area contributed by atoms with Crippen molar-refractivity contribution in [3.63, 3.8) is 0 Å². The number of aromatic nitrogens is 1. The van der Waals surface area contributed by atoms with Crippen molar-refractivity contribution in [1.29, 1.82) is 0 Å². The second-order valence-corrected chi connectivity index (χ2v) is 5.18. The molecule has 2 heterocycles. The Hall–Kier alpha value is -1.66. The molecule has 0 radical (unpaired) electrons. The van der Waals surface area contributed by atoms with Crippen molar-refractivity contribution in [2.45, 2.75) is 12.8 Å². The van der Waals surface area contributed by atoms with Crippen LogP contribution in [0.4, 0.5) is 0 Å². The number of pyridine rings is 1. The summed E-state index contributed by atoms with van der Waals surface area (Å²) < 4.78 is 0. The Labute approximate surface area is 118 Å². The Morgan fingerprint density at radius 3 is 3.10 bits per heavy atom. The molecule has 20 heavy (non-hydrogen) atoms. The molecule has 1 aromatic heterocycles. The first kappa shape index (κ1) is 14.7. The van der Waals surface area contributed by atoms with E-state index in [1.54, 1.807) is 0 Å². The molecule has 110 valence electrons. The van der Waals surface area contributed by atoms with Crippen LogP contribution in [0.2, 0.25) is 0 Å². The van der Waals surface area contributed by atoms with Crippen molar-refractivity contribution in [3.05, 3.63) is 24.0 Å².